The van der Waals surface area contributed by atoms with Crippen molar-refractivity contribution in [1.82, 2.24) is 10.3 Å². The van der Waals surface area contributed by atoms with Gasteiger partial charge in [0, 0.05) is 12.7 Å². The van der Waals surface area contributed by atoms with Crippen molar-refractivity contribution in [2.24, 2.45) is 0 Å². The van der Waals surface area contributed by atoms with E-state index in [0.29, 0.717) is 5.03 Å². The van der Waals surface area contributed by atoms with Crippen molar-refractivity contribution in [2.75, 3.05) is 5.75 Å². The number of hydrogen-bond acceptors (Lipinski definition) is 3. The summed E-state index contributed by atoms with van der Waals surface area (Å²) in [6.07, 6.45) is -3.69. The van der Waals surface area contributed by atoms with E-state index >= 15 is 0 Å². The zero-order valence-electron chi connectivity index (χ0n) is 11.7. The van der Waals surface area contributed by atoms with Gasteiger partial charge in [-0.2, -0.15) is 13.2 Å². The Morgan fingerprint density at radius 2 is 1.83 bits per heavy atom. The monoisotopic (exact) mass is 344 g/mol. The topological polar surface area (TPSA) is 42.0 Å². The molecule has 0 radical (unpaired) electrons. The number of rotatable bonds is 5. The number of nitrogens with zero attached hydrogens (tertiary/aromatic N) is 1. The molecule has 3 nitrogen and oxygen atoms in total. The smallest absolute Gasteiger partial charge is 0.351 e. The van der Waals surface area contributed by atoms with Crippen LogP contribution in [0.2, 0.25) is 0 Å². The van der Waals surface area contributed by atoms with Gasteiger partial charge in [-0.1, -0.05) is 23.9 Å². The zero-order valence-corrected chi connectivity index (χ0v) is 12.5. The van der Waals surface area contributed by atoms with E-state index in [-0.39, 0.29) is 24.0 Å². The largest absolute Gasteiger partial charge is 0.417 e. The Morgan fingerprint density at radius 3 is 2.39 bits per heavy atom. The van der Waals surface area contributed by atoms with Gasteiger partial charge in [-0.15, -0.1) is 0 Å². The van der Waals surface area contributed by atoms with E-state index < -0.39 is 11.7 Å². The summed E-state index contributed by atoms with van der Waals surface area (Å²) < 4.78 is 49.9. The highest BCUT2D eigenvalue weighted by Gasteiger charge is 2.30. The molecule has 8 heteroatoms. The standard InChI is InChI=1S/C15H12F4N2OS/c16-12-4-1-10(2-5-12)7-20-13(22)9-23-14-6-3-11(8-21-14)15(17,18)19/h1-6,8H,7,9H2,(H,20,22). The lowest BCUT2D eigenvalue weighted by Crippen LogP contribution is -2.24. The molecule has 1 amide bonds. The van der Waals surface area contributed by atoms with Gasteiger partial charge in [-0.25, -0.2) is 9.37 Å². The minimum Gasteiger partial charge on any atom is -0.351 e. The summed E-state index contributed by atoms with van der Waals surface area (Å²) in [5.74, 6) is -0.621. The number of amides is 1. The van der Waals surface area contributed by atoms with E-state index in [0.717, 1.165) is 29.6 Å². The number of pyridine rings is 1. The van der Waals surface area contributed by atoms with Crippen LogP contribution in [0, 0.1) is 5.82 Å². The highest BCUT2D eigenvalue weighted by molar-refractivity contribution is 7.99. The first-order valence-electron chi connectivity index (χ1n) is 6.52. The van der Waals surface area contributed by atoms with Gasteiger partial charge in [-0.3, -0.25) is 4.79 Å². The van der Waals surface area contributed by atoms with Crippen molar-refractivity contribution in [3.8, 4) is 0 Å². The maximum absolute atomic E-state index is 12.7. The fraction of sp³-hybridized carbons (Fsp3) is 0.200. The maximum Gasteiger partial charge on any atom is 0.417 e. The number of benzene rings is 1. The minimum atomic E-state index is -4.43. The van der Waals surface area contributed by atoms with Gasteiger partial charge in [0.1, 0.15) is 5.82 Å². The van der Waals surface area contributed by atoms with E-state index in [2.05, 4.69) is 10.3 Å². The van der Waals surface area contributed by atoms with Gasteiger partial charge in [0.25, 0.3) is 0 Å². The molecule has 0 saturated heterocycles. The minimum absolute atomic E-state index is 0.0273. The van der Waals surface area contributed by atoms with Crippen molar-refractivity contribution >= 4 is 17.7 Å². The van der Waals surface area contributed by atoms with Gasteiger partial charge in [0.2, 0.25) is 5.91 Å². The summed E-state index contributed by atoms with van der Waals surface area (Å²) >= 11 is 1.03. The van der Waals surface area contributed by atoms with Gasteiger partial charge in [0.15, 0.2) is 0 Å². The number of nitrogens with one attached hydrogen (secondary N) is 1. The van der Waals surface area contributed by atoms with Gasteiger partial charge >= 0.3 is 6.18 Å². The van der Waals surface area contributed by atoms with Crippen LogP contribution in [0.15, 0.2) is 47.6 Å². The van der Waals surface area contributed by atoms with E-state index in [4.69, 9.17) is 0 Å². The molecule has 0 spiro atoms. The first kappa shape index (κ1) is 17.3. The van der Waals surface area contributed by atoms with E-state index in [9.17, 15) is 22.4 Å². The molecule has 0 fully saturated rings. The first-order chi connectivity index (χ1) is 10.8. The molecule has 0 unspecified atom stereocenters. The number of aromatic nitrogens is 1. The lowest BCUT2D eigenvalue weighted by Gasteiger charge is -2.07. The van der Waals surface area contributed by atoms with Gasteiger partial charge in [0.05, 0.1) is 16.3 Å². The number of thioether (sulfide) groups is 1. The Labute approximate surface area is 134 Å². The van der Waals surface area contributed by atoms with Crippen LogP contribution in [0.1, 0.15) is 11.1 Å². The number of carbonyl (C=O) groups is 1. The van der Waals surface area contributed by atoms with Gasteiger partial charge in [-0.05, 0) is 29.8 Å². The second kappa shape index (κ2) is 7.45. The Morgan fingerprint density at radius 1 is 1.13 bits per heavy atom. The molecular formula is C15H12F4N2OS. The van der Waals surface area contributed by atoms with Crippen LogP contribution >= 0.6 is 11.8 Å². The normalized spacial score (nSPS) is 11.3. The Kier molecular flexibility index (Phi) is 5.59. The van der Waals surface area contributed by atoms with Crippen LogP contribution in [0.25, 0.3) is 0 Å². The second-order valence-corrected chi connectivity index (χ2v) is 5.57. The molecule has 0 bridgehead atoms. The fourth-order valence-electron chi connectivity index (χ4n) is 1.63. The number of carbonyl (C=O) groups excluding carboxylic acids is 1. The lowest BCUT2D eigenvalue weighted by atomic mass is 10.2. The molecule has 2 aromatic rings. The Balaban J connectivity index is 1.79. The molecule has 122 valence electrons. The van der Waals surface area contributed by atoms with Crippen molar-refractivity contribution in [3.63, 3.8) is 0 Å². The molecule has 0 saturated carbocycles. The third kappa shape index (κ3) is 5.55. The zero-order chi connectivity index (χ0) is 16.9. The van der Waals surface area contributed by atoms with Crippen LogP contribution in [-0.2, 0) is 17.5 Å². The molecule has 1 N–H and O–H groups in total. The molecule has 0 atom stereocenters. The Bertz CT molecular complexity index is 657. The second-order valence-electron chi connectivity index (χ2n) is 4.57. The predicted octanol–water partition coefficient (Wildman–Crippen LogP) is 3.65. The molecule has 1 aromatic heterocycles. The van der Waals surface area contributed by atoms with Crippen molar-refractivity contribution in [2.45, 2.75) is 17.7 Å². The van der Waals surface area contributed by atoms with Crippen LogP contribution < -0.4 is 5.32 Å². The average molecular weight is 344 g/mol. The van der Waals surface area contributed by atoms with Crippen LogP contribution in [0.4, 0.5) is 17.6 Å². The van der Waals surface area contributed by atoms with Crippen LogP contribution in [-0.4, -0.2) is 16.6 Å². The summed E-state index contributed by atoms with van der Waals surface area (Å²) in [7, 11) is 0. The molecule has 1 aromatic carbocycles. The van der Waals surface area contributed by atoms with E-state index in [1.54, 1.807) is 12.1 Å². The Hall–Kier alpha value is -2.09. The summed E-state index contributed by atoms with van der Waals surface area (Å²) in [4.78, 5) is 15.3. The highest BCUT2D eigenvalue weighted by Crippen LogP contribution is 2.29. The molecular weight excluding hydrogens is 332 g/mol. The van der Waals surface area contributed by atoms with E-state index in [1.807, 2.05) is 0 Å². The van der Waals surface area contributed by atoms with Crippen LogP contribution in [0.3, 0.4) is 0 Å². The molecule has 1 heterocycles. The third-order valence-corrected chi connectivity index (χ3v) is 3.76. The number of halogens is 4. The first-order valence-corrected chi connectivity index (χ1v) is 7.50. The number of hydrogen-bond donors (Lipinski definition) is 1. The van der Waals surface area contributed by atoms with Crippen molar-refractivity contribution in [1.29, 1.82) is 0 Å². The highest BCUT2D eigenvalue weighted by atomic mass is 32.2. The summed E-state index contributed by atoms with van der Waals surface area (Å²) in [5.41, 5.74) is -0.0833. The molecule has 0 aliphatic rings. The average Bonchev–Trinajstić information content (AvgIpc) is 2.52. The summed E-state index contributed by atoms with van der Waals surface area (Å²) in [6, 6.07) is 7.84. The lowest BCUT2D eigenvalue weighted by molar-refractivity contribution is -0.137. The number of alkyl halides is 3. The summed E-state index contributed by atoms with van der Waals surface area (Å²) in [6.45, 7) is 0.250. The predicted molar refractivity (Wildman–Crippen MR) is 78.2 cm³/mol. The quantitative estimate of drug-likeness (QED) is 0.665. The molecule has 2 rings (SSSR count). The van der Waals surface area contributed by atoms with Crippen LogP contribution in [0.5, 0.6) is 0 Å². The van der Waals surface area contributed by atoms with Gasteiger partial charge < -0.3 is 5.32 Å². The van der Waals surface area contributed by atoms with E-state index in [1.165, 1.54) is 18.2 Å². The fourth-order valence-corrected chi connectivity index (χ4v) is 2.30. The van der Waals surface area contributed by atoms with Crippen molar-refractivity contribution < 1.29 is 22.4 Å². The molecule has 0 aliphatic heterocycles. The summed E-state index contributed by atoms with van der Waals surface area (Å²) in [5, 5.41) is 2.96. The van der Waals surface area contributed by atoms with Crippen molar-refractivity contribution in [3.05, 3.63) is 59.5 Å². The third-order valence-electron chi connectivity index (χ3n) is 2.82. The molecule has 23 heavy (non-hydrogen) atoms. The molecule has 0 aliphatic carbocycles. The SMILES string of the molecule is O=C(CSc1ccc(C(F)(F)F)cn1)NCc1ccc(F)cc1. The maximum atomic E-state index is 12.7.